The van der Waals surface area contributed by atoms with Crippen LogP contribution < -0.4 is 0 Å². The predicted molar refractivity (Wildman–Crippen MR) is 115 cm³/mol. The Balaban J connectivity index is 1.38. The zero-order valence-electron chi connectivity index (χ0n) is 17.5. The van der Waals surface area contributed by atoms with Crippen LogP contribution in [-0.2, 0) is 32.5 Å². The van der Waals surface area contributed by atoms with Crippen molar-refractivity contribution < 1.29 is 22.7 Å². The third-order valence-electron chi connectivity index (χ3n) is 5.87. The van der Waals surface area contributed by atoms with Gasteiger partial charge in [-0.05, 0) is 61.6 Å². The first-order valence-corrected chi connectivity index (χ1v) is 12.0. The maximum atomic E-state index is 12.8. The Labute approximate surface area is 182 Å². The van der Waals surface area contributed by atoms with Gasteiger partial charge in [-0.2, -0.15) is 4.31 Å². The summed E-state index contributed by atoms with van der Waals surface area (Å²) in [6.07, 6.45) is 1.57. The number of hydrogen-bond donors (Lipinski definition) is 0. The molecule has 0 N–H and O–H groups in total. The molecule has 2 aliphatic rings. The van der Waals surface area contributed by atoms with Crippen molar-refractivity contribution in [3.63, 3.8) is 0 Å². The van der Waals surface area contributed by atoms with Crippen molar-refractivity contribution in [2.75, 3.05) is 19.6 Å². The molecular formula is C23H26N2O5S. The Morgan fingerprint density at radius 2 is 1.58 bits per heavy atom. The van der Waals surface area contributed by atoms with E-state index in [0.717, 1.165) is 24.8 Å². The number of rotatable bonds is 5. The average Bonchev–Trinajstić information content (AvgIpc) is 3.34. The predicted octanol–water partition coefficient (Wildman–Crippen LogP) is 2.60. The van der Waals surface area contributed by atoms with Gasteiger partial charge in [-0.25, -0.2) is 13.2 Å². The highest BCUT2D eigenvalue weighted by Crippen LogP contribution is 2.22. The fraction of sp³-hybridized carbons (Fsp3) is 0.391. The molecule has 1 amide bonds. The molecule has 1 saturated heterocycles. The van der Waals surface area contributed by atoms with Gasteiger partial charge >= 0.3 is 5.97 Å². The van der Waals surface area contributed by atoms with Gasteiger partial charge in [0.25, 0.3) is 5.91 Å². The quantitative estimate of drug-likeness (QED) is 0.665. The van der Waals surface area contributed by atoms with E-state index in [9.17, 15) is 18.0 Å². The number of sulfonamides is 1. The van der Waals surface area contributed by atoms with Crippen molar-refractivity contribution in [2.45, 2.75) is 43.7 Å². The van der Waals surface area contributed by atoms with Crippen molar-refractivity contribution in [1.29, 1.82) is 0 Å². The molecule has 1 unspecified atom stereocenters. The van der Waals surface area contributed by atoms with Crippen LogP contribution in [0.1, 0.15) is 41.3 Å². The molecule has 1 atom stereocenters. The van der Waals surface area contributed by atoms with E-state index in [0.29, 0.717) is 26.2 Å². The largest absolute Gasteiger partial charge is 0.449 e. The van der Waals surface area contributed by atoms with Crippen molar-refractivity contribution in [3.05, 3.63) is 65.2 Å². The topological polar surface area (TPSA) is 84.0 Å². The van der Waals surface area contributed by atoms with Gasteiger partial charge < -0.3 is 9.64 Å². The molecule has 0 spiro atoms. The molecule has 31 heavy (non-hydrogen) atoms. The van der Waals surface area contributed by atoms with Gasteiger partial charge in [-0.15, -0.1) is 0 Å². The molecule has 1 fully saturated rings. The molecule has 0 aromatic heterocycles. The van der Waals surface area contributed by atoms with Gasteiger partial charge in [0.2, 0.25) is 10.0 Å². The summed E-state index contributed by atoms with van der Waals surface area (Å²) in [7, 11) is -3.54. The standard InChI is InChI=1S/C23H26N2O5S/c1-17(22(26)24-15-12-18-6-2-3-7-20(18)16-24)30-23(27)19-8-10-21(11-9-19)31(28,29)25-13-4-5-14-25/h2-3,6-11,17H,4-5,12-16H2,1H3. The number of ether oxygens (including phenoxy) is 1. The maximum absolute atomic E-state index is 12.8. The molecule has 164 valence electrons. The lowest BCUT2D eigenvalue weighted by atomic mass is 9.99. The first-order valence-electron chi connectivity index (χ1n) is 10.5. The maximum Gasteiger partial charge on any atom is 0.338 e. The normalized spacial score (nSPS) is 17.8. The van der Waals surface area contributed by atoms with Gasteiger partial charge in [-0.3, -0.25) is 4.79 Å². The fourth-order valence-corrected chi connectivity index (χ4v) is 5.58. The molecule has 0 bridgehead atoms. The molecule has 2 aromatic carbocycles. The molecule has 2 heterocycles. The van der Waals surface area contributed by atoms with Crippen LogP contribution in [0.5, 0.6) is 0 Å². The van der Waals surface area contributed by atoms with Crippen LogP contribution in [0.3, 0.4) is 0 Å². The molecule has 7 nitrogen and oxygen atoms in total. The zero-order valence-corrected chi connectivity index (χ0v) is 18.3. The number of carbonyl (C=O) groups excluding carboxylic acids is 2. The number of nitrogens with zero attached hydrogens (tertiary/aromatic N) is 2. The summed E-state index contributed by atoms with van der Waals surface area (Å²) < 4.78 is 32.0. The summed E-state index contributed by atoms with van der Waals surface area (Å²) in [4.78, 5) is 27.1. The first-order chi connectivity index (χ1) is 14.9. The van der Waals surface area contributed by atoms with Gasteiger partial charge in [0, 0.05) is 26.2 Å². The minimum atomic E-state index is -3.54. The monoisotopic (exact) mass is 442 g/mol. The lowest BCUT2D eigenvalue weighted by Crippen LogP contribution is -2.42. The van der Waals surface area contributed by atoms with E-state index in [-0.39, 0.29) is 16.4 Å². The summed E-state index contributed by atoms with van der Waals surface area (Å²) >= 11 is 0. The van der Waals surface area contributed by atoms with E-state index in [4.69, 9.17) is 4.74 Å². The molecule has 2 aromatic rings. The van der Waals surface area contributed by atoms with Crippen LogP contribution in [0, 0.1) is 0 Å². The van der Waals surface area contributed by atoms with Crippen molar-refractivity contribution in [3.8, 4) is 0 Å². The average molecular weight is 443 g/mol. The Hall–Kier alpha value is -2.71. The second-order valence-electron chi connectivity index (χ2n) is 7.96. The third-order valence-corrected chi connectivity index (χ3v) is 7.78. The number of carbonyl (C=O) groups is 2. The lowest BCUT2D eigenvalue weighted by molar-refractivity contribution is -0.140. The fourth-order valence-electron chi connectivity index (χ4n) is 4.06. The first kappa shape index (κ1) is 21.5. The third kappa shape index (κ3) is 4.50. The van der Waals surface area contributed by atoms with Crippen LogP contribution in [-0.4, -0.2) is 55.2 Å². The molecule has 2 aliphatic heterocycles. The molecule has 0 radical (unpaired) electrons. The van der Waals surface area contributed by atoms with E-state index in [1.165, 1.54) is 34.1 Å². The Morgan fingerprint density at radius 3 is 2.26 bits per heavy atom. The molecular weight excluding hydrogens is 416 g/mol. The number of hydrogen-bond acceptors (Lipinski definition) is 5. The van der Waals surface area contributed by atoms with Crippen LogP contribution in [0.4, 0.5) is 0 Å². The summed E-state index contributed by atoms with van der Waals surface area (Å²) in [5, 5.41) is 0. The van der Waals surface area contributed by atoms with Gasteiger partial charge in [0.05, 0.1) is 10.5 Å². The van der Waals surface area contributed by atoms with Crippen LogP contribution in [0.15, 0.2) is 53.4 Å². The summed E-state index contributed by atoms with van der Waals surface area (Å²) in [6, 6.07) is 13.7. The number of amides is 1. The highest BCUT2D eigenvalue weighted by Gasteiger charge is 2.29. The van der Waals surface area contributed by atoms with Crippen molar-refractivity contribution >= 4 is 21.9 Å². The zero-order chi connectivity index (χ0) is 22.0. The minimum Gasteiger partial charge on any atom is -0.449 e. The second kappa shape index (κ2) is 8.80. The van der Waals surface area contributed by atoms with E-state index < -0.39 is 22.1 Å². The van der Waals surface area contributed by atoms with Gasteiger partial charge in [-0.1, -0.05) is 24.3 Å². The number of esters is 1. The smallest absolute Gasteiger partial charge is 0.338 e. The lowest BCUT2D eigenvalue weighted by Gasteiger charge is -2.30. The molecule has 0 aliphatic carbocycles. The van der Waals surface area contributed by atoms with Crippen LogP contribution in [0.2, 0.25) is 0 Å². The number of fused-ring (bicyclic) bond motifs is 1. The highest BCUT2D eigenvalue weighted by atomic mass is 32.2. The Bertz CT molecular complexity index is 1080. The summed E-state index contributed by atoms with van der Waals surface area (Å²) in [5.41, 5.74) is 2.56. The van der Waals surface area contributed by atoms with E-state index in [1.54, 1.807) is 11.8 Å². The van der Waals surface area contributed by atoms with Crippen molar-refractivity contribution in [1.82, 2.24) is 9.21 Å². The van der Waals surface area contributed by atoms with Gasteiger partial charge in [0.1, 0.15) is 0 Å². The van der Waals surface area contributed by atoms with Crippen LogP contribution in [0.25, 0.3) is 0 Å². The SMILES string of the molecule is CC(OC(=O)c1ccc(S(=O)(=O)N2CCCC2)cc1)C(=O)N1CCc2ccccc2C1. The minimum absolute atomic E-state index is 0.155. The molecule has 4 rings (SSSR count). The van der Waals surface area contributed by atoms with Crippen molar-refractivity contribution in [2.24, 2.45) is 0 Å². The summed E-state index contributed by atoms with van der Waals surface area (Å²) in [6.45, 7) is 3.69. The van der Waals surface area contributed by atoms with Gasteiger partial charge in [0.15, 0.2) is 6.10 Å². The van der Waals surface area contributed by atoms with E-state index in [1.807, 2.05) is 18.2 Å². The Kier molecular flexibility index (Phi) is 6.11. The Morgan fingerprint density at radius 1 is 0.935 bits per heavy atom. The second-order valence-corrected chi connectivity index (χ2v) is 9.90. The van der Waals surface area contributed by atoms with E-state index in [2.05, 4.69) is 6.07 Å². The summed E-state index contributed by atoms with van der Waals surface area (Å²) in [5.74, 6) is -0.889. The van der Waals surface area contributed by atoms with E-state index >= 15 is 0 Å². The highest BCUT2D eigenvalue weighted by molar-refractivity contribution is 7.89. The molecule has 0 saturated carbocycles. The number of benzene rings is 2. The molecule has 8 heteroatoms. The van der Waals surface area contributed by atoms with Crippen LogP contribution >= 0.6 is 0 Å².